The molecule has 5 rings (SSSR count). The largest absolute Gasteiger partial charge is 0.363 e. The molecule has 1 spiro atoms. The molecular formula is C25H27F3N2O2. The topological polar surface area (TPSA) is 32.8 Å². The predicted octanol–water partition coefficient (Wildman–Crippen LogP) is 4.44. The first-order valence-corrected chi connectivity index (χ1v) is 11.2. The lowest BCUT2D eigenvalue weighted by molar-refractivity contribution is -0.172. The van der Waals surface area contributed by atoms with Gasteiger partial charge in [-0.1, -0.05) is 6.07 Å². The second-order valence-electron chi connectivity index (χ2n) is 9.38. The number of hydrogen-bond acceptors (Lipinski definition) is 3. The number of amides is 1. The Hall–Kier alpha value is -2.38. The fraction of sp³-hybridized carbons (Fsp3) is 0.480. The summed E-state index contributed by atoms with van der Waals surface area (Å²) in [7, 11) is 0. The molecule has 0 bridgehead atoms. The zero-order valence-corrected chi connectivity index (χ0v) is 18.2. The van der Waals surface area contributed by atoms with E-state index in [4.69, 9.17) is 4.74 Å². The first kappa shape index (κ1) is 21.5. The van der Waals surface area contributed by atoms with Gasteiger partial charge in [-0.05, 0) is 73.6 Å². The molecule has 4 nitrogen and oxygen atoms in total. The molecule has 2 aliphatic heterocycles. The number of morpholine rings is 1. The molecule has 2 heterocycles. The Morgan fingerprint density at radius 1 is 1.00 bits per heavy atom. The van der Waals surface area contributed by atoms with E-state index in [1.54, 1.807) is 13.0 Å². The Balaban J connectivity index is 1.26. The summed E-state index contributed by atoms with van der Waals surface area (Å²) in [5.74, 6) is -1.47. The van der Waals surface area contributed by atoms with Crippen molar-refractivity contribution in [3.05, 3.63) is 58.9 Å². The average molecular weight is 444 g/mol. The van der Waals surface area contributed by atoms with Crippen LogP contribution in [0.15, 0.2) is 30.3 Å². The third-order valence-corrected chi connectivity index (χ3v) is 7.05. The Kier molecular flexibility index (Phi) is 5.50. The zero-order chi connectivity index (χ0) is 22.5. The van der Waals surface area contributed by atoms with E-state index in [1.807, 2.05) is 9.80 Å². The highest BCUT2D eigenvalue weighted by atomic mass is 19.1. The summed E-state index contributed by atoms with van der Waals surface area (Å²) in [6, 6.07) is 7.43. The number of piperidine rings is 1. The SMILES string of the molecule is Cc1cc(-c2cc(F)c(CN3CCC4(CC3)CN(C3CC3)C(=O)CO4)c(F)c2)ccc1F. The van der Waals surface area contributed by atoms with Crippen LogP contribution in [0, 0.1) is 24.4 Å². The van der Waals surface area contributed by atoms with Gasteiger partial charge in [0.05, 0.1) is 12.1 Å². The van der Waals surface area contributed by atoms with Gasteiger partial charge in [0.15, 0.2) is 0 Å². The molecule has 0 atom stereocenters. The first-order valence-electron chi connectivity index (χ1n) is 11.2. The summed E-state index contributed by atoms with van der Waals surface area (Å²) >= 11 is 0. The molecule has 170 valence electrons. The number of halogens is 3. The van der Waals surface area contributed by atoms with Crippen LogP contribution in [0.25, 0.3) is 11.1 Å². The van der Waals surface area contributed by atoms with Crippen molar-refractivity contribution in [1.82, 2.24) is 9.80 Å². The van der Waals surface area contributed by atoms with Gasteiger partial charge in [-0.3, -0.25) is 9.69 Å². The standard InChI is InChI=1S/C25H27F3N2O2/c1-16-10-17(2-5-21(16)26)18-11-22(27)20(23(28)12-18)13-29-8-6-25(7-9-29)15-30(19-3-4-19)24(31)14-32-25/h2,5,10-12,19H,3-4,6-9,13-15H2,1H3. The van der Waals surface area contributed by atoms with Crippen LogP contribution >= 0.6 is 0 Å². The van der Waals surface area contributed by atoms with Crippen molar-refractivity contribution < 1.29 is 22.7 Å². The van der Waals surface area contributed by atoms with Crippen LogP contribution in [0.4, 0.5) is 13.2 Å². The van der Waals surface area contributed by atoms with Crippen LogP contribution in [-0.2, 0) is 16.1 Å². The van der Waals surface area contributed by atoms with Crippen LogP contribution in [0.5, 0.6) is 0 Å². The lowest BCUT2D eigenvalue weighted by Crippen LogP contribution is -2.59. The van der Waals surface area contributed by atoms with Crippen molar-refractivity contribution in [1.29, 1.82) is 0 Å². The highest BCUT2D eigenvalue weighted by Crippen LogP contribution is 2.37. The normalized spacial score (nSPS) is 21.4. The van der Waals surface area contributed by atoms with Gasteiger partial charge in [0.2, 0.25) is 5.91 Å². The van der Waals surface area contributed by atoms with Crippen LogP contribution in [0.2, 0.25) is 0 Å². The maximum Gasteiger partial charge on any atom is 0.248 e. The average Bonchev–Trinajstić information content (AvgIpc) is 3.61. The van der Waals surface area contributed by atoms with Crippen molar-refractivity contribution in [3.63, 3.8) is 0 Å². The van der Waals surface area contributed by atoms with Crippen molar-refractivity contribution in [2.45, 2.75) is 50.8 Å². The lowest BCUT2D eigenvalue weighted by Gasteiger charge is -2.47. The lowest BCUT2D eigenvalue weighted by atomic mass is 9.89. The van der Waals surface area contributed by atoms with E-state index in [-0.39, 0.29) is 36.0 Å². The first-order chi connectivity index (χ1) is 15.3. The number of hydrogen-bond donors (Lipinski definition) is 0. The van der Waals surface area contributed by atoms with E-state index in [9.17, 15) is 18.0 Å². The minimum atomic E-state index is -0.596. The Morgan fingerprint density at radius 2 is 1.69 bits per heavy atom. The summed E-state index contributed by atoms with van der Waals surface area (Å²) in [6.07, 6.45) is 3.61. The third kappa shape index (κ3) is 4.16. The van der Waals surface area contributed by atoms with Crippen LogP contribution in [0.3, 0.4) is 0 Å². The van der Waals surface area contributed by atoms with Gasteiger partial charge in [-0.25, -0.2) is 13.2 Å². The number of aryl methyl sites for hydroxylation is 1. The molecule has 0 unspecified atom stereocenters. The number of nitrogens with zero attached hydrogens (tertiary/aromatic N) is 2. The van der Waals surface area contributed by atoms with E-state index in [0.717, 1.165) is 25.7 Å². The number of carbonyl (C=O) groups excluding carboxylic acids is 1. The van der Waals surface area contributed by atoms with E-state index in [0.29, 0.717) is 42.4 Å². The van der Waals surface area contributed by atoms with E-state index < -0.39 is 11.6 Å². The van der Waals surface area contributed by atoms with Crippen LogP contribution < -0.4 is 0 Å². The molecule has 32 heavy (non-hydrogen) atoms. The molecule has 0 aromatic heterocycles. The second-order valence-corrected chi connectivity index (χ2v) is 9.38. The number of benzene rings is 2. The summed E-state index contributed by atoms with van der Waals surface area (Å²) < 4.78 is 49.2. The van der Waals surface area contributed by atoms with E-state index >= 15 is 0 Å². The smallest absolute Gasteiger partial charge is 0.248 e. The van der Waals surface area contributed by atoms with Gasteiger partial charge < -0.3 is 9.64 Å². The van der Waals surface area contributed by atoms with Gasteiger partial charge in [0, 0.05) is 31.2 Å². The van der Waals surface area contributed by atoms with Gasteiger partial charge in [0.1, 0.15) is 24.1 Å². The molecule has 0 N–H and O–H groups in total. The molecule has 1 amide bonds. The molecular weight excluding hydrogens is 417 g/mol. The highest BCUT2D eigenvalue weighted by Gasteiger charge is 2.46. The highest BCUT2D eigenvalue weighted by molar-refractivity contribution is 5.79. The summed E-state index contributed by atoms with van der Waals surface area (Å²) in [5, 5.41) is 0. The van der Waals surface area contributed by atoms with Crippen molar-refractivity contribution in [2.75, 3.05) is 26.2 Å². The maximum atomic E-state index is 14.9. The Bertz CT molecular complexity index is 1020. The maximum absolute atomic E-state index is 14.9. The van der Waals surface area contributed by atoms with Gasteiger partial charge in [-0.2, -0.15) is 0 Å². The molecule has 2 aromatic carbocycles. The third-order valence-electron chi connectivity index (χ3n) is 7.05. The molecule has 3 fully saturated rings. The van der Waals surface area contributed by atoms with Crippen molar-refractivity contribution in [2.24, 2.45) is 0 Å². The minimum absolute atomic E-state index is 0.0443. The monoisotopic (exact) mass is 444 g/mol. The van der Waals surface area contributed by atoms with Crippen LogP contribution in [0.1, 0.15) is 36.8 Å². The number of carbonyl (C=O) groups is 1. The van der Waals surface area contributed by atoms with E-state index in [1.165, 1.54) is 24.3 Å². The molecule has 2 aromatic rings. The summed E-state index contributed by atoms with van der Waals surface area (Å²) in [5.41, 5.74) is 1.11. The fourth-order valence-electron chi connectivity index (χ4n) is 4.85. The molecule has 7 heteroatoms. The van der Waals surface area contributed by atoms with Gasteiger partial charge in [-0.15, -0.1) is 0 Å². The molecule has 1 aliphatic carbocycles. The van der Waals surface area contributed by atoms with Gasteiger partial charge in [0.25, 0.3) is 0 Å². The minimum Gasteiger partial charge on any atom is -0.363 e. The number of ether oxygens (including phenoxy) is 1. The molecule has 2 saturated heterocycles. The number of likely N-dealkylation sites (tertiary alicyclic amines) is 1. The predicted molar refractivity (Wildman–Crippen MR) is 114 cm³/mol. The summed E-state index contributed by atoms with van der Waals surface area (Å²) in [6.45, 7) is 3.87. The van der Waals surface area contributed by atoms with Crippen molar-refractivity contribution in [3.8, 4) is 11.1 Å². The Morgan fingerprint density at radius 3 is 2.31 bits per heavy atom. The zero-order valence-electron chi connectivity index (χ0n) is 18.2. The van der Waals surface area contributed by atoms with Gasteiger partial charge >= 0.3 is 0 Å². The van der Waals surface area contributed by atoms with Crippen LogP contribution in [-0.4, -0.2) is 53.6 Å². The number of rotatable bonds is 4. The fourth-order valence-corrected chi connectivity index (χ4v) is 4.85. The van der Waals surface area contributed by atoms with Crippen molar-refractivity contribution >= 4 is 5.91 Å². The molecule has 1 saturated carbocycles. The quantitative estimate of drug-likeness (QED) is 0.699. The second kappa shape index (κ2) is 8.19. The summed E-state index contributed by atoms with van der Waals surface area (Å²) in [4.78, 5) is 16.1. The Labute approximate surface area is 186 Å². The molecule has 3 aliphatic rings. The van der Waals surface area contributed by atoms with E-state index in [2.05, 4.69) is 0 Å². The molecule has 0 radical (unpaired) electrons.